The highest BCUT2D eigenvalue weighted by molar-refractivity contribution is 5.95. The van der Waals surface area contributed by atoms with E-state index in [1.165, 1.54) is 88.3 Å². The number of hydrogen-bond donors (Lipinski definition) is 0. The Morgan fingerprint density at radius 2 is 0.581 bits per heavy atom. The highest BCUT2D eigenvalue weighted by atomic mass is 15.1. The first-order valence-electron chi connectivity index (χ1n) is 25.8. The van der Waals surface area contributed by atoms with Gasteiger partial charge in [-0.1, -0.05) is 208 Å². The summed E-state index contributed by atoms with van der Waals surface area (Å²) in [6, 6.07) is 103. The quantitative estimate of drug-likeness (QED) is 0.150. The van der Waals surface area contributed by atoms with Crippen LogP contribution >= 0.6 is 0 Å². The zero-order valence-corrected chi connectivity index (χ0v) is 41.5. The molecule has 2 aliphatic rings. The molecule has 0 saturated carbocycles. The van der Waals surface area contributed by atoms with Gasteiger partial charge in [-0.25, -0.2) is 0 Å². The second-order valence-electron chi connectivity index (χ2n) is 20.5. The number of nitrogens with zero attached hydrogens (tertiary/aromatic N) is 2. The summed E-state index contributed by atoms with van der Waals surface area (Å²) < 4.78 is 0. The Balaban J connectivity index is 0.952. The molecule has 0 aromatic heterocycles. The molecule has 0 heterocycles. The summed E-state index contributed by atoms with van der Waals surface area (Å²) in [5.41, 5.74) is 21.3. The molecule has 350 valence electrons. The molecule has 12 aromatic rings. The van der Waals surface area contributed by atoms with Gasteiger partial charge in [0.2, 0.25) is 0 Å². The lowest BCUT2D eigenvalue weighted by atomic mass is 9.55. The molecule has 1 spiro atoms. The normalized spacial score (nSPS) is 13.5. The van der Waals surface area contributed by atoms with Crippen LogP contribution in [0.1, 0.15) is 47.2 Å². The minimum Gasteiger partial charge on any atom is -0.310 e. The molecule has 74 heavy (non-hydrogen) atoms. The molecule has 0 radical (unpaired) electrons. The van der Waals surface area contributed by atoms with Crippen LogP contribution in [0.4, 0.5) is 34.1 Å². The Morgan fingerprint density at radius 3 is 1.03 bits per heavy atom. The zero-order chi connectivity index (χ0) is 49.4. The molecule has 0 aliphatic heterocycles. The SMILES string of the molecule is CC1(C)c2ccccc2C2(c3ccc(-c4cccc(N(c5ccccc5)c5ccc6ccccc6c5)c4)cc3-c3cc(-c4cccc(N(c5ccccc5)c5ccc6ccccc6c5)c4)ccc32)c2ccccc21. The summed E-state index contributed by atoms with van der Waals surface area (Å²) in [6.45, 7) is 4.79. The number of para-hydroxylation sites is 2. The molecule has 0 fully saturated rings. The first-order valence-corrected chi connectivity index (χ1v) is 25.8. The Kier molecular flexibility index (Phi) is 10.1. The molecular weight excluding hydrogens is 893 g/mol. The minimum atomic E-state index is -0.519. The zero-order valence-electron chi connectivity index (χ0n) is 41.5. The summed E-state index contributed by atoms with van der Waals surface area (Å²) in [7, 11) is 0. The van der Waals surface area contributed by atoms with Gasteiger partial charge in [0, 0.05) is 39.5 Å². The average Bonchev–Trinajstić information content (AvgIpc) is 3.95. The molecule has 2 heteroatoms. The molecule has 0 amide bonds. The van der Waals surface area contributed by atoms with Gasteiger partial charge in [0.05, 0.1) is 5.41 Å². The van der Waals surface area contributed by atoms with E-state index < -0.39 is 5.41 Å². The second-order valence-corrected chi connectivity index (χ2v) is 20.5. The van der Waals surface area contributed by atoms with Crippen LogP contribution in [0.3, 0.4) is 0 Å². The van der Waals surface area contributed by atoms with E-state index >= 15 is 0 Å². The van der Waals surface area contributed by atoms with Crippen LogP contribution in [0.2, 0.25) is 0 Å². The lowest BCUT2D eigenvalue weighted by molar-refractivity contribution is 0.563. The summed E-state index contributed by atoms with van der Waals surface area (Å²) in [5, 5.41) is 4.89. The average molecular weight is 945 g/mol. The number of benzene rings is 12. The highest BCUT2D eigenvalue weighted by Crippen LogP contribution is 2.63. The predicted octanol–water partition coefficient (Wildman–Crippen LogP) is 19.3. The van der Waals surface area contributed by atoms with E-state index in [4.69, 9.17) is 0 Å². The molecule has 14 rings (SSSR count). The standard InChI is InChI=1S/C72H52N2/c1-71(2)67-31-13-15-33-69(67)72(70-34-16-14-32-68(70)71)65-41-37-55(53-23-17-29-59(45-53)73(57-25-5-3-6-26-57)61-39-35-49-19-9-11-21-51(49)43-61)47-63(65)64-48-56(38-42-66(64)72)54-24-18-30-60(46-54)74(58-27-7-4-8-28-58)62-40-36-50-20-10-12-22-52(50)44-62/h3-48H,1-2H3. The number of hydrogen-bond acceptors (Lipinski definition) is 2. The summed E-state index contributed by atoms with van der Waals surface area (Å²) in [4.78, 5) is 4.76. The topological polar surface area (TPSA) is 6.48 Å². The van der Waals surface area contributed by atoms with Crippen LogP contribution in [-0.4, -0.2) is 0 Å². The fourth-order valence-electron chi connectivity index (χ4n) is 12.6. The van der Waals surface area contributed by atoms with Crippen molar-refractivity contribution < 1.29 is 0 Å². The Morgan fingerprint density at radius 1 is 0.230 bits per heavy atom. The van der Waals surface area contributed by atoms with E-state index in [0.29, 0.717) is 0 Å². The molecule has 2 aliphatic carbocycles. The van der Waals surface area contributed by atoms with Gasteiger partial charge in [-0.3, -0.25) is 0 Å². The number of fused-ring (bicyclic) bond motifs is 11. The van der Waals surface area contributed by atoms with Crippen molar-refractivity contribution in [2.45, 2.75) is 24.7 Å². The second kappa shape index (κ2) is 17.2. The number of rotatable bonds is 8. The molecule has 0 bridgehead atoms. The summed E-state index contributed by atoms with van der Waals surface area (Å²) >= 11 is 0. The highest BCUT2D eigenvalue weighted by Gasteiger charge is 2.53. The van der Waals surface area contributed by atoms with E-state index in [1.54, 1.807) is 0 Å². The van der Waals surface area contributed by atoms with E-state index in [-0.39, 0.29) is 5.41 Å². The maximum atomic E-state index is 2.48. The summed E-state index contributed by atoms with van der Waals surface area (Å²) in [6.07, 6.45) is 0. The van der Waals surface area contributed by atoms with E-state index in [2.05, 4.69) is 303 Å². The fraction of sp³-hybridized carbons (Fsp3) is 0.0556. The third-order valence-corrected chi connectivity index (χ3v) is 16.0. The van der Waals surface area contributed by atoms with Crippen LogP contribution in [0.25, 0.3) is 54.9 Å². The minimum absolute atomic E-state index is 0.187. The third kappa shape index (κ3) is 6.86. The van der Waals surface area contributed by atoms with Crippen molar-refractivity contribution >= 4 is 55.7 Å². The van der Waals surface area contributed by atoms with Crippen LogP contribution in [0.15, 0.2) is 279 Å². The van der Waals surface area contributed by atoms with Gasteiger partial charge in [0.1, 0.15) is 0 Å². The Hall–Kier alpha value is -9.24. The van der Waals surface area contributed by atoms with E-state index in [1.807, 2.05) is 0 Å². The van der Waals surface area contributed by atoms with E-state index in [0.717, 1.165) is 34.1 Å². The molecular formula is C72H52N2. The van der Waals surface area contributed by atoms with Gasteiger partial charge in [-0.15, -0.1) is 0 Å². The molecule has 12 aromatic carbocycles. The predicted molar refractivity (Wildman–Crippen MR) is 311 cm³/mol. The monoisotopic (exact) mass is 944 g/mol. The van der Waals surface area contributed by atoms with Gasteiger partial charge in [0.25, 0.3) is 0 Å². The smallest absolute Gasteiger partial charge is 0.0719 e. The van der Waals surface area contributed by atoms with Crippen molar-refractivity contribution in [1.82, 2.24) is 0 Å². The first kappa shape index (κ1) is 43.5. The van der Waals surface area contributed by atoms with Crippen molar-refractivity contribution in [1.29, 1.82) is 0 Å². The Bertz CT molecular complexity index is 3860. The fourth-order valence-corrected chi connectivity index (χ4v) is 12.6. The maximum absolute atomic E-state index is 2.48. The van der Waals surface area contributed by atoms with Crippen molar-refractivity contribution in [3.05, 3.63) is 312 Å². The van der Waals surface area contributed by atoms with Gasteiger partial charge < -0.3 is 9.80 Å². The van der Waals surface area contributed by atoms with Crippen LogP contribution in [0, 0.1) is 0 Å². The van der Waals surface area contributed by atoms with Gasteiger partial charge in [-0.05, 0) is 173 Å². The van der Waals surface area contributed by atoms with Gasteiger partial charge in [-0.2, -0.15) is 0 Å². The van der Waals surface area contributed by atoms with Crippen molar-refractivity contribution in [2.75, 3.05) is 9.80 Å². The van der Waals surface area contributed by atoms with Gasteiger partial charge >= 0.3 is 0 Å². The first-order chi connectivity index (χ1) is 36.4. The molecule has 2 nitrogen and oxygen atoms in total. The largest absolute Gasteiger partial charge is 0.310 e. The van der Waals surface area contributed by atoms with Gasteiger partial charge in [0.15, 0.2) is 0 Å². The van der Waals surface area contributed by atoms with Crippen molar-refractivity contribution in [2.24, 2.45) is 0 Å². The molecule has 0 saturated heterocycles. The van der Waals surface area contributed by atoms with Crippen molar-refractivity contribution in [3.63, 3.8) is 0 Å². The summed E-state index contributed by atoms with van der Waals surface area (Å²) in [5.74, 6) is 0. The maximum Gasteiger partial charge on any atom is 0.0719 e. The third-order valence-electron chi connectivity index (χ3n) is 16.0. The molecule has 0 N–H and O–H groups in total. The van der Waals surface area contributed by atoms with E-state index in [9.17, 15) is 0 Å². The number of anilines is 6. The van der Waals surface area contributed by atoms with Crippen molar-refractivity contribution in [3.8, 4) is 33.4 Å². The Labute approximate surface area is 433 Å². The van der Waals surface area contributed by atoms with Crippen LogP contribution in [0.5, 0.6) is 0 Å². The van der Waals surface area contributed by atoms with Crippen LogP contribution in [-0.2, 0) is 10.8 Å². The lowest BCUT2D eigenvalue weighted by Gasteiger charge is -2.46. The molecule has 0 unspecified atom stereocenters. The molecule has 0 atom stereocenters. The lowest BCUT2D eigenvalue weighted by Crippen LogP contribution is -2.40. The van der Waals surface area contributed by atoms with Crippen LogP contribution < -0.4 is 9.80 Å².